The first-order valence-electron chi connectivity index (χ1n) is 5.79. The van der Waals surface area contributed by atoms with Crippen LogP contribution < -0.4 is 10.6 Å². The van der Waals surface area contributed by atoms with E-state index in [4.69, 9.17) is 0 Å². The second-order valence-electron chi connectivity index (χ2n) is 4.07. The minimum atomic E-state index is -1.50. The molecule has 0 saturated carbocycles. The maximum atomic E-state index is 12.2. The standard InChI is InChI=1S/C13H14F2N2O3/c1-8-2-4-9(5-3-8)12(20)13(16-10(18)6-14)17-11(19)7-15/h2-5,13H,6-7H2,1H3,(H,16,18)(H,17,19). The first-order valence-corrected chi connectivity index (χ1v) is 5.79. The molecule has 2 N–H and O–H groups in total. The Labute approximate surface area is 114 Å². The molecule has 0 aliphatic carbocycles. The maximum Gasteiger partial charge on any atom is 0.253 e. The smallest absolute Gasteiger partial charge is 0.253 e. The van der Waals surface area contributed by atoms with E-state index in [9.17, 15) is 23.2 Å². The van der Waals surface area contributed by atoms with E-state index in [1.807, 2.05) is 17.6 Å². The molecule has 0 saturated heterocycles. The van der Waals surface area contributed by atoms with Crippen LogP contribution in [-0.4, -0.2) is 37.1 Å². The lowest BCUT2D eigenvalue weighted by molar-refractivity contribution is -0.124. The highest BCUT2D eigenvalue weighted by molar-refractivity contribution is 6.03. The number of ketones is 1. The summed E-state index contributed by atoms with van der Waals surface area (Å²) in [7, 11) is 0. The van der Waals surface area contributed by atoms with Gasteiger partial charge in [0, 0.05) is 5.56 Å². The average molecular weight is 284 g/mol. The molecule has 108 valence electrons. The van der Waals surface area contributed by atoms with Crippen molar-refractivity contribution in [2.24, 2.45) is 0 Å². The van der Waals surface area contributed by atoms with Gasteiger partial charge in [0.05, 0.1) is 0 Å². The highest BCUT2D eigenvalue weighted by Crippen LogP contribution is 2.06. The van der Waals surface area contributed by atoms with Gasteiger partial charge < -0.3 is 10.6 Å². The van der Waals surface area contributed by atoms with E-state index in [1.54, 1.807) is 12.1 Å². The predicted molar refractivity (Wildman–Crippen MR) is 67.5 cm³/mol. The summed E-state index contributed by atoms with van der Waals surface area (Å²) < 4.78 is 24.3. The topological polar surface area (TPSA) is 75.3 Å². The number of Topliss-reactive ketones (excluding diaryl/α,β-unsaturated/α-hetero) is 1. The minimum absolute atomic E-state index is 0.207. The summed E-state index contributed by atoms with van der Waals surface area (Å²) in [5.74, 6) is -2.81. The summed E-state index contributed by atoms with van der Waals surface area (Å²) in [6, 6.07) is 6.32. The second-order valence-corrected chi connectivity index (χ2v) is 4.07. The molecule has 1 aromatic rings. The number of carbonyl (C=O) groups is 3. The van der Waals surface area contributed by atoms with Gasteiger partial charge in [-0.25, -0.2) is 8.78 Å². The molecule has 0 spiro atoms. The lowest BCUT2D eigenvalue weighted by Crippen LogP contribution is -2.53. The Kier molecular flexibility index (Phi) is 5.76. The molecule has 0 bridgehead atoms. The van der Waals surface area contributed by atoms with Gasteiger partial charge in [0.1, 0.15) is 0 Å². The van der Waals surface area contributed by atoms with Gasteiger partial charge in [-0.2, -0.15) is 0 Å². The number of alkyl halides is 2. The van der Waals surface area contributed by atoms with Gasteiger partial charge >= 0.3 is 0 Å². The maximum absolute atomic E-state index is 12.2. The van der Waals surface area contributed by atoms with Gasteiger partial charge in [-0.05, 0) is 6.92 Å². The van der Waals surface area contributed by atoms with Gasteiger partial charge in [0.15, 0.2) is 19.5 Å². The number of rotatable bonds is 6. The van der Waals surface area contributed by atoms with Gasteiger partial charge in [-0.3, -0.25) is 14.4 Å². The number of benzene rings is 1. The van der Waals surface area contributed by atoms with Crippen molar-refractivity contribution in [2.75, 3.05) is 13.3 Å². The SMILES string of the molecule is Cc1ccc(C(=O)C(NC(=O)CF)NC(=O)CF)cc1. The average Bonchev–Trinajstić information content (AvgIpc) is 2.46. The molecular weight excluding hydrogens is 270 g/mol. The Hall–Kier alpha value is -2.31. The molecule has 0 radical (unpaired) electrons. The molecule has 0 heterocycles. The Morgan fingerprint density at radius 2 is 1.45 bits per heavy atom. The molecule has 0 aliphatic heterocycles. The molecule has 0 fully saturated rings. The quantitative estimate of drug-likeness (QED) is 0.595. The van der Waals surface area contributed by atoms with Crippen molar-refractivity contribution >= 4 is 17.6 Å². The van der Waals surface area contributed by atoms with E-state index in [0.29, 0.717) is 0 Å². The molecule has 1 rings (SSSR count). The van der Waals surface area contributed by atoms with Crippen LogP contribution in [0.2, 0.25) is 0 Å². The Bertz CT molecular complexity index is 485. The zero-order valence-corrected chi connectivity index (χ0v) is 10.8. The van der Waals surface area contributed by atoms with E-state index in [-0.39, 0.29) is 5.56 Å². The zero-order valence-electron chi connectivity index (χ0n) is 10.8. The summed E-state index contributed by atoms with van der Waals surface area (Å²) >= 11 is 0. The molecule has 2 amide bonds. The van der Waals surface area contributed by atoms with E-state index in [0.717, 1.165) is 5.56 Å². The molecule has 0 aliphatic rings. The van der Waals surface area contributed by atoms with Gasteiger partial charge in [-0.1, -0.05) is 29.8 Å². The molecule has 7 heteroatoms. The van der Waals surface area contributed by atoms with Crippen LogP contribution in [0.15, 0.2) is 24.3 Å². The highest BCUT2D eigenvalue weighted by Gasteiger charge is 2.23. The lowest BCUT2D eigenvalue weighted by atomic mass is 10.1. The van der Waals surface area contributed by atoms with Crippen LogP contribution in [0.4, 0.5) is 8.78 Å². The number of hydrogen-bond acceptors (Lipinski definition) is 3. The predicted octanol–water partition coefficient (Wildman–Crippen LogP) is 0.675. The summed E-state index contributed by atoms with van der Waals surface area (Å²) in [4.78, 5) is 34.1. The van der Waals surface area contributed by atoms with Gasteiger partial charge in [0.25, 0.3) is 11.8 Å². The Morgan fingerprint density at radius 1 is 1.00 bits per heavy atom. The largest absolute Gasteiger partial charge is 0.327 e. The fraction of sp³-hybridized carbons (Fsp3) is 0.308. The van der Waals surface area contributed by atoms with Crippen molar-refractivity contribution in [3.05, 3.63) is 35.4 Å². The minimum Gasteiger partial charge on any atom is -0.327 e. The number of carbonyl (C=O) groups excluding carboxylic acids is 3. The molecule has 0 aromatic heterocycles. The monoisotopic (exact) mass is 284 g/mol. The molecule has 1 aromatic carbocycles. The van der Waals surface area contributed by atoms with Crippen LogP contribution in [-0.2, 0) is 9.59 Å². The zero-order chi connectivity index (χ0) is 15.1. The van der Waals surface area contributed by atoms with Crippen LogP contribution in [0, 0.1) is 6.92 Å². The fourth-order valence-corrected chi connectivity index (χ4v) is 1.45. The molecule has 5 nitrogen and oxygen atoms in total. The van der Waals surface area contributed by atoms with Crippen molar-refractivity contribution in [1.29, 1.82) is 0 Å². The molecule has 0 unspecified atom stereocenters. The number of hydrogen-bond donors (Lipinski definition) is 2. The van der Waals surface area contributed by atoms with Crippen LogP contribution in [0.3, 0.4) is 0 Å². The summed E-state index contributed by atoms with van der Waals surface area (Å²) in [5.41, 5.74) is 1.12. The third-order valence-electron chi connectivity index (χ3n) is 2.45. The Balaban J connectivity index is 2.90. The van der Waals surface area contributed by atoms with Crippen LogP contribution in [0.5, 0.6) is 0 Å². The highest BCUT2D eigenvalue weighted by atomic mass is 19.1. The summed E-state index contributed by atoms with van der Waals surface area (Å²) in [6.07, 6.45) is -1.50. The van der Waals surface area contributed by atoms with Crippen molar-refractivity contribution in [3.8, 4) is 0 Å². The number of halogens is 2. The van der Waals surface area contributed by atoms with Crippen molar-refractivity contribution in [2.45, 2.75) is 13.1 Å². The van der Waals surface area contributed by atoms with E-state index >= 15 is 0 Å². The van der Waals surface area contributed by atoms with E-state index in [1.165, 1.54) is 12.1 Å². The third kappa shape index (κ3) is 4.42. The fourth-order valence-electron chi connectivity index (χ4n) is 1.45. The van der Waals surface area contributed by atoms with Crippen molar-refractivity contribution in [3.63, 3.8) is 0 Å². The van der Waals surface area contributed by atoms with Gasteiger partial charge in [-0.15, -0.1) is 0 Å². The number of amides is 2. The number of aryl methyl sites for hydroxylation is 1. The lowest BCUT2D eigenvalue weighted by Gasteiger charge is -2.18. The second kappa shape index (κ2) is 7.32. The van der Waals surface area contributed by atoms with Crippen molar-refractivity contribution < 1.29 is 23.2 Å². The summed E-state index contributed by atoms with van der Waals surface area (Å²) in [6.45, 7) is -0.867. The third-order valence-corrected chi connectivity index (χ3v) is 2.45. The summed E-state index contributed by atoms with van der Waals surface area (Å²) in [5, 5.41) is 3.97. The van der Waals surface area contributed by atoms with Gasteiger partial charge in [0.2, 0.25) is 5.78 Å². The Morgan fingerprint density at radius 3 is 1.85 bits per heavy atom. The molecule has 0 atom stereocenters. The van der Waals surface area contributed by atoms with Crippen molar-refractivity contribution in [1.82, 2.24) is 10.6 Å². The molecular formula is C13H14F2N2O3. The van der Waals surface area contributed by atoms with E-state index in [2.05, 4.69) is 0 Å². The normalized spacial score (nSPS) is 10.2. The van der Waals surface area contributed by atoms with Crippen LogP contribution >= 0.6 is 0 Å². The van der Waals surface area contributed by atoms with E-state index < -0.39 is 37.1 Å². The van der Waals surface area contributed by atoms with Crippen LogP contribution in [0.25, 0.3) is 0 Å². The first kappa shape index (κ1) is 15.7. The number of nitrogens with one attached hydrogen (secondary N) is 2. The first-order chi connectivity index (χ1) is 9.47. The molecule has 20 heavy (non-hydrogen) atoms. The van der Waals surface area contributed by atoms with Crippen LogP contribution in [0.1, 0.15) is 15.9 Å².